The third-order valence-corrected chi connectivity index (χ3v) is 3.79. The van der Waals surface area contributed by atoms with Crippen LogP contribution in [0.5, 0.6) is 0 Å². The standard InChI is InChI=1S/C18H21N3O6S/c1-18(2,3)27-17(25)21(13-10-28-11-19-13)14(15(22)23)20-16(24)26-9-12-7-5-4-6-8-12/h4-8,10-11,14H,9H2,1-3H3,(H,20,24)(H,22,23)/t14-/m1/s1. The minimum Gasteiger partial charge on any atom is -0.478 e. The molecule has 0 spiro atoms. The molecule has 0 fully saturated rings. The minimum absolute atomic E-state index is 0.0370. The van der Waals surface area contributed by atoms with Crippen molar-refractivity contribution in [3.63, 3.8) is 0 Å². The van der Waals surface area contributed by atoms with Crippen LogP contribution in [0.25, 0.3) is 0 Å². The number of amides is 2. The van der Waals surface area contributed by atoms with Gasteiger partial charge < -0.3 is 14.6 Å². The molecular weight excluding hydrogens is 386 g/mol. The second-order valence-corrected chi connectivity index (χ2v) is 7.36. The number of ether oxygens (including phenoxy) is 2. The molecule has 150 valence electrons. The van der Waals surface area contributed by atoms with Crippen LogP contribution >= 0.6 is 11.3 Å². The van der Waals surface area contributed by atoms with Crippen LogP contribution in [-0.4, -0.2) is 40.0 Å². The number of alkyl carbamates (subject to hydrolysis) is 1. The lowest BCUT2D eigenvalue weighted by molar-refractivity contribution is -0.139. The van der Waals surface area contributed by atoms with Crippen LogP contribution in [0.4, 0.5) is 15.4 Å². The van der Waals surface area contributed by atoms with Gasteiger partial charge in [-0.1, -0.05) is 30.3 Å². The fraction of sp³-hybridized carbons (Fsp3) is 0.333. The molecule has 2 N–H and O–H groups in total. The number of carbonyl (C=O) groups is 3. The van der Waals surface area contributed by atoms with Gasteiger partial charge in [-0.3, -0.25) is 5.32 Å². The minimum atomic E-state index is -1.76. The van der Waals surface area contributed by atoms with Crippen molar-refractivity contribution in [3.05, 3.63) is 46.8 Å². The maximum absolute atomic E-state index is 12.6. The lowest BCUT2D eigenvalue weighted by atomic mass is 10.2. The largest absolute Gasteiger partial charge is 0.478 e. The van der Waals surface area contributed by atoms with Gasteiger partial charge in [-0.2, -0.15) is 0 Å². The summed E-state index contributed by atoms with van der Waals surface area (Å²) in [5.74, 6) is -1.44. The van der Waals surface area contributed by atoms with Crippen molar-refractivity contribution in [1.82, 2.24) is 10.3 Å². The number of hydrogen-bond donors (Lipinski definition) is 2. The van der Waals surface area contributed by atoms with Crippen LogP contribution in [0.2, 0.25) is 0 Å². The molecule has 10 heteroatoms. The Morgan fingerprint density at radius 2 is 1.93 bits per heavy atom. The van der Waals surface area contributed by atoms with Gasteiger partial charge in [0, 0.05) is 5.38 Å². The predicted octanol–water partition coefficient (Wildman–Crippen LogP) is 3.22. The van der Waals surface area contributed by atoms with Crippen LogP contribution in [0, 0.1) is 0 Å². The van der Waals surface area contributed by atoms with Gasteiger partial charge in [0.2, 0.25) is 6.17 Å². The monoisotopic (exact) mass is 407 g/mol. The van der Waals surface area contributed by atoms with Gasteiger partial charge >= 0.3 is 18.2 Å². The Kier molecular flexibility index (Phi) is 6.94. The molecule has 0 bridgehead atoms. The van der Waals surface area contributed by atoms with Crippen molar-refractivity contribution in [3.8, 4) is 0 Å². The van der Waals surface area contributed by atoms with E-state index >= 15 is 0 Å². The van der Waals surface area contributed by atoms with E-state index in [4.69, 9.17) is 9.47 Å². The van der Waals surface area contributed by atoms with E-state index in [0.29, 0.717) is 0 Å². The first-order valence-corrected chi connectivity index (χ1v) is 9.22. The van der Waals surface area contributed by atoms with E-state index < -0.39 is 29.9 Å². The first-order valence-electron chi connectivity index (χ1n) is 8.28. The van der Waals surface area contributed by atoms with Crippen LogP contribution in [0.15, 0.2) is 41.2 Å². The summed E-state index contributed by atoms with van der Waals surface area (Å²) in [6.07, 6.45) is -3.73. The Balaban J connectivity index is 2.16. The van der Waals surface area contributed by atoms with E-state index in [9.17, 15) is 19.5 Å². The summed E-state index contributed by atoms with van der Waals surface area (Å²) in [5.41, 5.74) is 1.29. The predicted molar refractivity (Wildman–Crippen MR) is 102 cm³/mol. The molecule has 2 amide bonds. The van der Waals surface area contributed by atoms with Crippen LogP contribution in [0.1, 0.15) is 26.3 Å². The van der Waals surface area contributed by atoms with Gasteiger partial charge in [0.05, 0.1) is 5.51 Å². The average molecular weight is 407 g/mol. The highest BCUT2D eigenvalue weighted by Crippen LogP contribution is 2.20. The maximum Gasteiger partial charge on any atom is 0.418 e. The molecule has 28 heavy (non-hydrogen) atoms. The SMILES string of the molecule is CC(C)(C)OC(=O)N(c1cscn1)[C@@H](NC(=O)OCc1ccccc1)C(=O)O. The molecule has 0 aliphatic heterocycles. The first-order chi connectivity index (χ1) is 13.2. The third kappa shape index (κ3) is 6.23. The Morgan fingerprint density at radius 3 is 2.46 bits per heavy atom. The second kappa shape index (κ2) is 9.18. The fourth-order valence-corrected chi connectivity index (χ4v) is 2.61. The highest BCUT2D eigenvalue weighted by Gasteiger charge is 2.37. The molecule has 9 nitrogen and oxygen atoms in total. The molecule has 0 saturated carbocycles. The number of aromatic nitrogens is 1. The number of nitrogens with zero attached hydrogens (tertiary/aromatic N) is 2. The van der Waals surface area contributed by atoms with Crippen molar-refractivity contribution in [2.24, 2.45) is 0 Å². The Morgan fingerprint density at radius 1 is 1.25 bits per heavy atom. The van der Waals surface area contributed by atoms with Gasteiger partial charge in [0.25, 0.3) is 0 Å². The Labute approximate surface area is 165 Å². The van der Waals surface area contributed by atoms with Crippen molar-refractivity contribution >= 4 is 35.3 Å². The fourth-order valence-electron chi connectivity index (χ4n) is 2.08. The van der Waals surface area contributed by atoms with E-state index in [-0.39, 0.29) is 12.4 Å². The Bertz CT molecular complexity index is 804. The highest BCUT2D eigenvalue weighted by atomic mass is 32.1. The number of carboxylic acid groups (broad SMARTS) is 1. The average Bonchev–Trinajstić information content (AvgIpc) is 3.12. The number of anilines is 1. The molecule has 0 aliphatic carbocycles. The summed E-state index contributed by atoms with van der Waals surface area (Å²) in [7, 11) is 0. The molecule has 1 aromatic carbocycles. The number of carbonyl (C=O) groups excluding carboxylic acids is 2. The number of rotatable bonds is 6. The van der Waals surface area contributed by atoms with Gasteiger partial charge in [-0.25, -0.2) is 24.3 Å². The van der Waals surface area contributed by atoms with Gasteiger partial charge in [-0.15, -0.1) is 11.3 Å². The summed E-state index contributed by atoms with van der Waals surface area (Å²) >= 11 is 1.16. The molecule has 0 aliphatic rings. The van der Waals surface area contributed by atoms with Gasteiger partial charge in [0.15, 0.2) is 5.82 Å². The number of benzene rings is 1. The maximum atomic E-state index is 12.6. The molecule has 1 atom stereocenters. The van der Waals surface area contributed by atoms with Crippen LogP contribution in [-0.2, 0) is 20.9 Å². The Hall–Kier alpha value is -3.14. The first kappa shape index (κ1) is 21.2. The molecule has 0 saturated heterocycles. The molecular formula is C18H21N3O6S. The van der Waals surface area contributed by atoms with Crippen molar-refractivity contribution in [2.45, 2.75) is 39.1 Å². The molecule has 2 aromatic rings. The summed E-state index contributed by atoms with van der Waals surface area (Å²) in [6.45, 7) is 4.87. The van der Waals surface area contributed by atoms with E-state index in [1.165, 1.54) is 10.9 Å². The topological polar surface area (TPSA) is 118 Å². The lowest BCUT2D eigenvalue weighted by Crippen LogP contribution is -2.56. The van der Waals surface area contributed by atoms with E-state index in [1.54, 1.807) is 45.0 Å². The smallest absolute Gasteiger partial charge is 0.418 e. The molecule has 0 radical (unpaired) electrons. The quantitative estimate of drug-likeness (QED) is 0.706. The zero-order chi connectivity index (χ0) is 20.7. The van der Waals surface area contributed by atoms with E-state index in [2.05, 4.69) is 10.3 Å². The third-order valence-electron chi connectivity index (χ3n) is 3.22. The number of nitrogens with one attached hydrogen (secondary N) is 1. The van der Waals surface area contributed by atoms with Crippen molar-refractivity contribution in [2.75, 3.05) is 4.90 Å². The summed E-state index contributed by atoms with van der Waals surface area (Å²) in [6, 6.07) is 8.89. The van der Waals surface area contributed by atoms with Gasteiger partial charge in [0.1, 0.15) is 12.2 Å². The summed E-state index contributed by atoms with van der Waals surface area (Å²) in [4.78, 5) is 41.2. The number of thiazole rings is 1. The number of carboxylic acids is 1. The summed E-state index contributed by atoms with van der Waals surface area (Å²) < 4.78 is 10.3. The molecule has 2 rings (SSSR count). The van der Waals surface area contributed by atoms with Gasteiger partial charge in [-0.05, 0) is 26.3 Å². The molecule has 1 aromatic heterocycles. The lowest BCUT2D eigenvalue weighted by Gasteiger charge is -2.30. The van der Waals surface area contributed by atoms with Crippen molar-refractivity contribution < 1.29 is 29.0 Å². The van der Waals surface area contributed by atoms with Crippen LogP contribution in [0.3, 0.4) is 0 Å². The van der Waals surface area contributed by atoms with Crippen molar-refractivity contribution in [1.29, 1.82) is 0 Å². The second-order valence-electron chi connectivity index (χ2n) is 6.64. The normalized spacial score (nSPS) is 12.0. The zero-order valence-corrected chi connectivity index (χ0v) is 16.4. The van der Waals surface area contributed by atoms with Crippen LogP contribution < -0.4 is 10.2 Å². The number of hydrogen-bond acceptors (Lipinski definition) is 7. The zero-order valence-electron chi connectivity index (χ0n) is 15.6. The number of aliphatic carboxylic acids is 1. The highest BCUT2D eigenvalue weighted by molar-refractivity contribution is 7.07. The summed E-state index contributed by atoms with van der Waals surface area (Å²) in [5, 5.41) is 13.2. The molecule has 0 unspecified atom stereocenters. The van der Waals surface area contributed by atoms with E-state index in [0.717, 1.165) is 21.8 Å². The molecule has 1 heterocycles. The van der Waals surface area contributed by atoms with E-state index in [1.807, 2.05) is 6.07 Å².